The van der Waals surface area contributed by atoms with Crippen molar-refractivity contribution in [3.05, 3.63) is 23.7 Å². The molecule has 0 atom stereocenters. The minimum absolute atomic E-state index is 0.134. The molecule has 2 N–H and O–H groups in total. The number of rotatable bonds is 2. The minimum atomic E-state index is -0.134. The zero-order valence-corrected chi connectivity index (χ0v) is 9.65. The van der Waals surface area contributed by atoms with E-state index in [0.717, 1.165) is 0 Å². The topological polar surface area (TPSA) is 78.1 Å². The first-order chi connectivity index (χ1) is 7.50. The van der Waals surface area contributed by atoms with E-state index in [0.29, 0.717) is 29.8 Å². The molecule has 2 aromatic heterocycles. The molecule has 5 heteroatoms. The van der Waals surface area contributed by atoms with Crippen molar-refractivity contribution in [2.75, 3.05) is 0 Å². The summed E-state index contributed by atoms with van der Waals surface area (Å²) >= 11 is 0. The van der Waals surface area contributed by atoms with E-state index in [1.165, 1.54) is 0 Å². The molecule has 5 nitrogen and oxygen atoms in total. The summed E-state index contributed by atoms with van der Waals surface area (Å²) < 4.78 is 10.6. The standard InChI is InChI=1S/C11H15N3O2/c1-11(2,3)10-13-9(16-14-10)8-5-4-7(6-12)15-8/h4-5H,6,12H2,1-3H3. The Kier molecular flexibility index (Phi) is 2.55. The van der Waals surface area contributed by atoms with Gasteiger partial charge in [0, 0.05) is 5.41 Å². The van der Waals surface area contributed by atoms with Crippen LogP contribution in [0, 0.1) is 0 Å². The average Bonchev–Trinajstić information content (AvgIpc) is 2.85. The van der Waals surface area contributed by atoms with E-state index in [2.05, 4.69) is 10.1 Å². The van der Waals surface area contributed by atoms with Gasteiger partial charge in [-0.05, 0) is 12.1 Å². The van der Waals surface area contributed by atoms with Gasteiger partial charge in [-0.15, -0.1) is 0 Å². The van der Waals surface area contributed by atoms with Crippen LogP contribution >= 0.6 is 0 Å². The van der Waals surface area contributed by atoms with Crippen LogP contribution in [0.25, 0.3) is 11.7 Å². The monoisotopic (exact) mass is 221 g/mol. The first-order valence-corrected chi connectivity index (χ1v) is 5.14. The Labute approximate surface area is 93.6 Å². The Hall–Kier alpha value is -1.62. The van der Waals surface area contributed by atoms with Crippen molar-refractivity contribution in [3.63, 3.8) is 0 Å². The third-order valence-electron chi connectivity index (χ3n) is 2.17. The Morgan fingerprint density at radius 2 is 2.06 bits per heavy atom. The second kappa shape index (κ2) is 3.75. The number of nitrogens with zero attached hydrogens (tertiary/aromatic N) is 2. The number of furan rings is 1. The van der Waals surface area contributed by atoms with Crippen molar-refractivity contribution in [1.82, 2.24) is 10.1 Å². The van der Waals surface area contributed by atoms with Crippen molar-refractivity contribution in [2.45, 2.75) is 32.7 Å². The van der Waals surface area contributed by atoms with Gasteiger partial charge in [-0.3, -0.25) is 0 Å². The van der Waals surface area contributed by atoms with E-state index in [9.17, 15) is 0 Å². The predicted octanol–water partition coefficient (Wildman–Crippen LogP) is 2.09. The van der Waals surface area contributed by atoms with E-state index in [4.69, 9.17) is 14.7 Å². The second-order valence-electron chi connectivity index (χ2n) is 4.64. The maximum absolute atomic E-state index is 5.46. The summed E-state index contributed by atoms with van der Waals surface area (Å²) in [5.74, 6) is 2.31. The molecule has 0 aliphatic rings. The summed E-state index contributed by atoms with van der Waals surface area (Å²) in [5.41, 5.74) is 5.32. The first-order valence-electron chi connectivity index (χ1n) is 5.14. The van der Waals surface area contributed by atoms with Gasteiger partial charge in [0.2, 0.25) is 0 Å². The van der Waals surface area contributed by atoms with E-state index >= 15 is 0 Å². The minimum Gasteiger partial charge on any atom is -0.455 e. The van der Waals surface area contributed by atoms with Crippen LogP contribution in [0.5, 0.6) is 0 Å². The molecule has 2 heterocycles. The molecule has 86 valence electrons. The highest BCUT2D eigenvalue weighted by molar-refractivity contribution is 5.44. The van der Waals surface area contributed by atoms with Crippen LogP contribution < -0.4 is 5.73 Å². The molecule has 0 saturated carbocycles. The fourth-order valence-corrected chi connectivity index (χ4v) is 1.23. The van der Waals surface area contributed by atoms with Crippen molar-refractivity contribution in [1.29, 1.82) is 0 Å². The Balaban J connectivity index is 2.31. The van der Waals surface area contributed by atoms with Gasteiger partial charge in [-0.2, -0.15) is 4.98 Å². The van der Waals surface area contributed by atoms with Crippen molar-refractivity contribution >= 4 is 0 Å². The summed E-state index contributed by atoms with van der Waals surface area (Å²) in [6.45, 7) is 6.43. The van der Waals surface area contributed by atoms with Crippen LogP contribution in [-0.4, -0.2) is 10.1 Å². The molecule has 0 radical (unpaired) electrons. The summed E-state index contributed by atoms with van der Waals surface area (Å²) in [6.07, 6.45) is 0. The lowest BCUT2D eigenvalue weighted by molar-refractivity contribution is 0.390. The molecule has 0 saturated heterocycles. The third kappa shape index (κ3) is 1.99. The van der Waals surface area contributed by atoms with Crippen LogP contribution in [0.3, 0.4) is 0 Å². The van der Waals surface area contributed by atoms with Crippen LogP contribution in [-0.2, 0) is 12.0 Å². The van der Waals surface area contributed by atoms with Crippen molar-refractivity contribution < 1.29 is 8.94 Å². The predicted molar refractivity (Wildman–Crippen MR) is 58.6 cm³/mol. The Bertz CT molecular complexity index is 479. The van der Waals surface area contributed by atoms with Gasteiger partial charge < -0.3 is 14.7 Å². The van der Waals surface area contributed by atoms with Crippen LogP contribution in [0.2, 0.25) is 0 Å². The molecule has 16 heavy (non-hydrogen) atoms. The lowest BCUT2D eigenvalue weighted by atomic mass is 9.96. The van der Waals surface area contributed by atoms with E-state index in [-0.39, 0.29) is 5.41 Å². The summed E-state index contributed by atoms with van der Waals surface area (Å²) in [7, 11) is 0. The normalized spacial score (nSPS) is 12.0. The van der Waals surface area contributed by atoms with E-state index < -0.39 is 0 Å². The zero-order chi connectivity index (χ0) is 11.8. The van der Waals surface area contributed by atoms with Crippen molar-refractivity contribution in [2.24, 2.45) is 5.73 Å². The first kappa shape index (κ1) is 10.9. The molecule has 0 aliphatic heterocycles. The molecule has 0 spiro atoms. The highest BCUT2D eigenvalue weighted by atomic mass is 16.5. The number of hydrogen-bond acceptors (Lipinski definition) is 5. The van der Waals surface area contributed by atoms with Crippen molar-refractivity contribution in [3.8, 4) is 11.7 Å². The highest BCUT2D eigenvalue weighted by Gasteiger charge is 2.22. The molecule has 0 unspecified atom stereocenters. The summed E-state index contributed by atoms with van der Waals surface area (Å²) in [6, 6.07) is 3.58. The smallest absolute Gasteiger partial charge is 0.293 e. The molecule has 0 bridgehead atoms. The molecule has 2 aromatic rings. The molecular formula is C11H15N3O2. The number of nitrogens with two attached hydrogens (primary N) is 1. The lowest BCUT2D eigenvalue weighted by Crippen LogP contribution is -2.13. The van der Waals surface area contributed by atoms with Crippen LogP contribution in [0.15, 0.2) is 21.1 Å². The fourth-order valence-electron chi connectivity index (χ4n) is 1.23. The quantitative estimate of drug-likeness (QED) is 0.840. The lowest BCUT2D eigenvalue weighted by Gasteiger charge is -2.10. The number of hydrogen-bond donors (Lipinski definition) is 1. The second-order valence-corrected chi connectivity index (χ2v) is 4.64. The molecule has 0 aromatic carbocycles. The fraction of sp³-hybridized carbons (Fsp3) is 0.455. The van der Waals surface area contributed by atoms with Crippen LogP contribution in [0.1, 0.15) is 32.4 Å². The van der Waals surface area contributed by atoms with Crippen LogP contribution in [0.4, 0.5) is 0 Å². The van der Waals surface area contributed by atoms with Gasteiger partial charge >= 0.3 is 0 Å². The molecule has 0 fully saturated rings. The van der Waals surface area contributed by atoms with Gasteiger partial charge in [0.05, 0.1) is 6.54 Å². The zero-order valence-electron chi connectivity index (χ0n) is 9.65. The Morgan fingerprint density at radius 3 is 2.56 bits per heavy atom. The Morgan fingerprint density at radius 1 is 1.31 bits per heavy atom. The maximum atomic E-state index is 5.46. The SMILES string of the molecule is CC(C)(C)c1noc(-c2ccc(CN)o2)n1. The summed E-state index contributed by atoms with van der Waals surface area (Å²) in [4.78, 5) is 4.29. The van der Waals surface area contributed by atoms with Gasteiger partial charge in [0.15, 0.2) is 11.6 Å². The molecule has 0 amide bonds. The molecule has 0 aliphatic carbocycles. The largest absolute Gasteiger partial charge is 0.455 e. The van der Waals surface area contributed by atoms with Gasteiger partial charge in [0.25, 0.3) is 5.89 Å². The molecule has 2 rings (SSSR count). The number of aromatic nitrogens is 2. The van der Waals surface area contributed by atoms with Gasteiger partial charge in [-0.25, -0.2) is 0 Å². The van der Waals surface area contributed by atoms with E-state index in [1.54, 1.807) is 12.1 Å². The third-order valence-corrected chi connectivity index (χ3v) is 2.17. The maximum Gasteiger partial charge on any atom is 0.293 e. The molecular weight excluding hydrogens is 206 g/mol. The average molecular weight is 221 g/mol. The van der Waals surface area contributed by atoms with Gasteiger partial charge in [0.1, 0.15) is 5.76 Å². The summed E-state index contributed by atoms with van der Waals surface area (Å²) in [5, 5.41) is 3.92. The highest BCUT2D eigenvalue weighted by Crippen LogP contribution is 2.24. The van der Waals surface area contributed by atoms with Gasteiger partial charge in [-0.1, -0.05) is 25.9 Å². The van der Waals surface area contributed by atoms with E-state index in [1.807, 2.05) is 20.8 Å².